The topological polar surface area (TPSA) is 85.5 Å². The zero-order valence-corrected chi connectivity index (χ0v) is 24.0. The first-order valence-electron chi connectivity index (χ1n) is 13.6. The van der Waals surface area contributed by atoms with E-state index >= 15 is 0 Å². The number of nitrogens with zero attached hydrogens (tertiary/aromatic N) is 6. The van der Waals surface area contributed by atoms with Gasteiger partial charge in [-0.25, -0.2) is 9.37 Å². The molecule has 0 N–H and O–H groups in total. The third-order valence-electron chi connectivity index (χ3n) is 7.85. The number of fused-ring (bicyclic) bond motifs is 1. The molecule has 2 aliphatic heterocycles. The summed E-state index contributed by atoms with van der Waals surface area (Å²) in [5.41, 5.74) is 1.81. The maximum atomic E-state index is 13.4. The predicted octanol–water partition coefficient (Wildman–Crippen LogP) is 4.97. The van der Waals surface area contributed by atoms with Gasteiger partial charge in [0.1, 0.15) is 18.3 Å². The van der Waals surface area contributed by atoms with Crippen LogP contribution in [0.2, 0.25) is 10.0 Å². The molecule has 41 heavy (non-hydrogen) atoms. The molecule has 0 amide bonds. The van der Waals surface area contributed by atoms with E-state index in [0.717, 1.165) is 38.2 Å². The van der Waals surface area contributed by atoms with E-state index in [9.17, 15) is 14.0 Å². The highest BCUT2D eigenvalue weighted by atomic mass is 35.5. The van der Waals surface area contributed by atoms with Gasteiger partial charge in [-0.05, 0) is 44.0 Å². The number of carbonyl (C=O) groups excluding carboxylic acids is 1. The Morgan fingerprint density at radius 2 is 2.02 bits per heavy atom. The lowest BCUT2D eigenvalue weighted by molar-refractivity contribution is 0.0914. The number of rotatable bonds is 9. The maximum absolute atomic E-state index is 13.4. The number of pyridine rings is 2. The van der Waals surface area contributed by atoms with Gasteiger partial charge in [0.15, 0.2) is 11.2 Å². The van der Waals surface area contributed by atoms with Gasteiger partial charge in [0.2, 0.25) is 5.88 Å². The third kappa shape index (κ3) is 5.31. The Morgan fingerprint density at radius 3 is 2.78 bits per heavy atom. The number of alkyl halides is 1. The largest absolute Gasteiger partial charge is 0.474 e. The number of ether oxygens (including phenoxy) is 1. The summed E-state index contributed by atoms with van der Waals surface area (Å²) in [6.45, 7) is 3.99. The number of hydrogen-bond acceptors (Lipinski definition) is 7. The Bertz CT molecular complexity index is 1670. The van der Waals surface area contributed by atoms with Crippen LogP contribution in [-0.2, 0) is 0 Å². The van der Waals surface area contributed by atoms with Gasteiger partial charge in [-0.3, -0.25) is 19.2 Å². The number of likely N-dealkylation sites (tertiary alicyclic amines) is 1. The summed E-state index contributed by atoms with van der Waals surface area (Å²) in [6.07, 6.45) is 8.65. The maximum Gasteiger partial charge on any atom is 0.232 e. The summed E-state index contributed by atoms with van der Waals surface area (Å²) >= 11 is 13.0. The molecule has 0 radical (unpaired) electrons. The molecule has 4 aromatic rings. The Morgan fingerprint density at radius 1 is 1.20 bits per heavy atom. The average Bonchev–Trinajstić information content (AvgIpc) is 3.60. The number of benzene rings is 1. The van der Waals surface area contributed by atoms with Crippen LogP contribution in [-0.4, -0.2) is 75.5 Å². The van der Waals surface area contributed by atoms with E-state index in [2.05, 4.69) is 15.0 Å². The van der Waals surface area contributed by atoms with Crippen molar-refractivity contribution in [3.05, 3.63) is 74.9 Å². The summed E-state index contributed by atoms with van der Waals surface area (Å²) in [5.74, 6) is 0.0524. The first kappa shape index (κ1) is 27.7. The van der Waals surface area contributed by atoms with E-state index in [1.54, 1.807) is 36.8 Å². The molecule has 5 heterocycles. The van der Waals surface area contributed by atoms with Crippen LogP contribution in [0.4, 0.5) is 10.1 Å². The molecular weight excluding hydrogens is 570 g/mol. The molecule has 1 aromatic carbocycles. The molecule has 0 saturated carbocycles. The Labute approximate surface area is 246 Å². The van der Waals surface area contributed by atoms with Crippen molar-refractivity contribution < 1.29 is 13.9 Å². The van der Waals surface area contributed by atoms with Crippen molar-refractivity contribution in [1.82, 2.24) is 24.2 Å². The molecular formula is C29H29Cl2FN6O3. The van der Waals surface area contributed by atoms with Crippen LogP contribution in [0.1, 0.15) is 36.2 Å². The van der Waals surface area contributed by atoms with Crippen molar-refractivity contribution in [3.8, 4) is 11.6 Å². The van der Waals surface area contributed by atoms with Crippen LogP contribution in [0.15, 0.2) is 53.8 Å². The van der Waals surface area contributed by atoms with Crippen molar-refractivity contribution >= 4 is 45.6 Å². The molecule has 2 aliphatic rings. The van der Waals surface area contributed by atoms with Gasteiger partial charge < -0.3 is 14.2 Å². The molecule has 0 aliphatic carbocycles. The number of carbonyl (C=O) groups is 1. The summed E-state index contributed by atoms with van der Waals surface area (Å²) in [7, 11) is 0. The number of Topliss-reactive ketones (excluding diaryl/α,β-unsaturated/α-hetero) is 1. The molecule has 1 atom stereocenters. The molecule has 3 aromatic heterocycles. The molecule has 0 spiro atoms. The van der Waals surface area contributed by atoms with Gasteiger partial charge in [-0.1, -0.05) is 23.2 Å². The van der Waals surface area contributed by atoms with E-state index in [1.807, 2.05) is 26.4 Å². The Kier molecular flexibility index (Phi) is 7.72. The van der Waals surface area contributed by atoms with E-state index in [1.165, 1.54) is 6.92 Å². The van der Waals surface area contributed by atoms with Crippen LogP contribution in [0.25, 0.3) is 16.6 Å². The van der Waals surface area contributed by atoms with Gasteiger partial charge in [0.05, 0.1) is 45.8 Å². The molecule has 2 saturated heterocycles. The van der Waals surface area contributed by atoms with Gasteiger partial charge >= 0.3 is 0 Å². The predicted molar refractivity (Wildman–Crippen MR) is 157 cm³/mol. The van der Waals surface area contributed by atoms with E-state index in [-0.39, 0.29) is 35.5 Å². The first-order valence-corrected chi connectivity index (χ1v) is 14.3. The number of anilines is 1. The highest BCUT2D eigenvalue weighted by molar-refractivity contribution is 6.34. The fourth-order valence-corrected chi connectivity index (χ4v) is 6.11. The quantitative estimate of drug-likeness (QED) is 0.252. The molecule has 0 unspecified atom stereocenters. The molecule has 2 fully saturated rings. The lowest BCUT2D eigenvalue weighted by Crippen LogP contribution is -2.48. The lowest BCUT2D eigenvalue weighted by Gasteiger charge is -2.38. The van der Waals surface area contributed by atoms with E-state index in [4.69, 9.17) is 27.9 Å². The minimum atomic E-state index is -0.375. The molecule has 6 rings (SSSR count). The second kappa shape index (κ2) is 11.4. The van der Waals surface area contributed by atoms with Crippen molar-refractivity contribution in [3.63, 3.8) is 0 Å². The highest BCUT2D eigenvalue weighted by Crippen LogP contribution is 2.36. The van der Waals surface area contributed by atoms with Crippen LogP contribution in [0.5, 0.6) is 5.88 Å². The normalized spacial score (nSPS) is 17.8. The minimum Gasteiger partial charge on any atom is -0.474 e. The van der Waals surface area contributed by atoms with Gasteiger partial charge in [-0.15, -0.1) is 0 Å². The Balaban J connectivity index is 1.37. The number of ketones is 1. The van der Waals surface area contributed by atoms with Crippen LogP contribution in [0.3, 0.4) is 0 Å². The zero-order valence-electron chi connectivity index (χ0n) is 22.5. The highest BCUT2D eigenvalue weighted by Gasteiger charge is 2.30. The van der Waals surface area contributed by atoms with E-state index < -0.39 is 0 Å². The summed E-state index contributed by atoms with van der Waals surface area (Å²) in [5, 5.41) is 5.76. The summed E-state index contributed by atoms with van der Waals surface area (Å²) in [4.78, 5) is 34.2. The monoisotopic (exact) mass is 598 g/mol. The molecule has 0 bridgehead atoms. The van der Waals surface area contributed by atoms with Crippen LogP contribution in [0, 0.1) is 0 Å². The van der Waals surface area contributed by atoms with Crippen LogP contribution >= 0.6 is 23.2 Å². The zero-order chi connectivity index (χ0) is 28.7. The fourth-order valence-electron chi connectivity index (χ4n) is 5.66. The second-order valence-corrected chi connectivity index (χ2v) is 11.3. The van der Waals surface area contributed by atoms with Crippen LogP contribution < -0.4 is 15.1 Å². The summed E-state index contributed by atoms with van der Waals surface area (Å²) in [6, 6.07) is 7.19. The molecule has 214 valence electrons. The standard InChI is InChI=1S/C29H29Cl2FN6O3/c1-18(39)23-16-37(20-12-34-38(15-20)21-13-35(14-21)9-6-32)26-11-27(25(31)10-22(26)28(23)40)36-8-3-4-19(36)17-41-29-24(30)5-2-7-33-29/h2,5,7,10-12,15-16,19,21H,3-4,6,8-9,13-14,17H2,1H3/t19-/m1/s1. The van der Waals surface area contributed by atoms with Gasteiger partial charge in [0, 0.05) is 50.2 Å². The van der Waals surface area contributed by atoms with Crippen molar-refractivity contribution in [2.75, 3.05) is 44.4 Å². The van der Waals surface area contributed by atoms with E-state index in [0.29, 0.717) is 45.7 Å². The van der Waals surface area contributed by atoms with Crippen molar-refractivity contribution in [2.24, 2.45) is 0 Å². The number of aromatic nitrogens is 4. The SMILES string of the molecule is CC(=O)c1cn(-c2cnn(C3CN(CCF)C3)c2)c2cc(N3CCC[C@@H]3COc3ncccc3Cl)c(Cl)cc2c1=O. The fraction of sp³-hybridized carbons (Fsp3) is 0.379. The minimum absolute atomic E-state index is 0.0216. The van der Waals surface area contributed by atoms with Gasteiger partial charge in [-0.2, -0.15) is 5.10 Å². The Hall–Kier alpha value is -3.47. The van der Waals surface area contributed by atoms with Crippen molar-refractivity contribution in [2.45, 2.75) is 31.8 Å². The number of hydrogen-bond donors (Lipinski definition) is 0. The van der Waals surface area contributed by atoms with Crippen molar-refractivity contribution in [1.29, 1.82) is 0 Å². The third-order valence-corrected chi connectivity index (χ3v) is 8.44. The smallest absolute Gasteiger partial charge is 0.232 e. The first-order chi connectivity index (χ1) is 19.8. The lowest BCUT2D eigenvalue weighted by atomic mass is 10.1. The molecule has 12 heteroatoms. The number of halogens is 3. The average molecular weight is 599 g/mol. The van der Waals surface area contributed by atoms with Gasteiger partial charge in [0.25, 0.3) is 0 Å². The molecule has 9 nitrogen and oxygen atoms in total. The second-order valence-electron chi connectivity index (χ2n) is 10.5. The summed E-state index contributed by atoms with van der Waals surface area (Å²) < 4.78 is 22.3.